The summed E-state index contributed by atoms with van der Waals surface area (Å²) in [7, 11) is 1.98. The van der Waals surface area contributed by atoms with Crippen LogP contribution < -0.4 is 5.32 Å². The lowest BCUT2D eigenvalue weighted by Gasteiger charge is -2.40. The molecule has 2 heterocycles. The molecule has 2 aliphatic rings. The van der Waals surface area contributed by atoms with Crippen LogP contribution in [0.2, 0.25) is 0 Å². The molecule has 1 atom stereocenters. The summed E-state index contributed by atoms with van der Waals surface area (Å²) < 4.78 is 0. The smallest absolute Gasteiger partial charge is 0.245 e. The lowest BCUT2D eigenvalue weighted by molar-refractivity contribution is -0.148. The highest BCUT2D eigenvalue weighted by atomic mass is 16.2. The molecule has 0 radical (unpaired) electrons. The van der Waals surface area contributed by atoms with Crippen molar-refractivity contribution >= 4 is 11.8 Å². The van der Waals surface area contributed by atoms with E-state index >= 15 is 0 Å². The number of likely N-dealkylation sites (tertiary alicyclic amines) is 2. The van der Waals surface area contributed by atoms with Crippen molar-refractivity contribution in [2.45, 2.75) is 57.5 Å². The van der Waals surface area contributed by atoms with E-state index in [1.165, 1.54) is 0 Å². The summed E-state index contributed by atoms with van der Waals surface area (Å²) in [4.78, 5) is 28.5. The second-order valence-electron chi connectivity index (χ2n) is 5.84. The van der Waals surface area contributed by atoms with Crippen molar-refractivity contribution in [1.82, 2.24) is 15.1 Å². The van der Waals surface area contributed by atoms with Crippen molar-refractivity contribution < 1.29 is 9.59 Å². The fourth-order valence-electron chi connectivity index (χ4n) is 3.29. The minimum atomic E-state index is -0.206. The van der Waals surface area contributed by atoms with Crippen LogP contribution >= 0.6 is 0 Å². The zero-order valence-electron chi connectivity index (χ0n) is 12.7. The number of amides is 2. The third kappa shape index (κ3) is 3.32. The van der Waals surface area contributed by atoms with Crippen molar-refractivity contribution in [2.24, 2.45) is 0 Å². The lowest BCUT2D eigenvalue weighted by Crippen LogP contribution is -2.55. The van der Waals surface area contributed by atoms with Crippen molar-refractivity contribution in [3.63, 3.8) is 0 Å². The normalized spacial score (nSPS) is 24.8. The Bertz CT molecular complexity index is 351. The van der Waals surface area contributed by atoms with Crippen LogP contribution in [0.15, 0.2) is 0 Å². The first-order chi connectivity index (χ1) is 9.67. The molecule has 2 rings (SSSR count). The third-order valence-electron chi connectivity index (χ3n) is 4.63. The fraction of sp³-hybridized carbons (Fsp3) is 0.867. The van der Waals surface area contributed by atoms with Gasteiger partial charge in [-0.2, -0.15) is 0 Å². The average molecular weight is 281 g/mol. The van der Waals surface area contributed by atoms with Gasteiger partial charge in [0.15, 0.2) is 0 Å². The number of carbonyl (C=O) groups excluding carboxylic acids is 2. The van der Waals surface area contributed by atoms with Gasteiger partial charge in [0.25, 0.3) is 0 Å². The number of carbonyl (C=O) groups is 2. The Hall–Kier alpha value is -1.10. The molecule has 114 valence electrons. The van der Waals surface area contributed by atoms with Crippen molar-refractivity contribution in [3.8, 4) is 0 Å². The Labute approximate surface area is 121 Å². The molecule has 0 aliphatic carbocycles. The Morgan fingerprint density at radius 2 is 1.80 bits per heavy atom. The Kier molecular flexibility index (Phi) is 5.40. The van der Waals surface area contributed by atoms with Crippen LogP contribution in [0.1, 0.15) is 45.4 Å². The van der Waals surface area contributed by atoms with E-state index in [4.69, 9.17) is 0 Å². The third-order valence-corrected chi connectivity index (χ3v) is 4.63. The summed E-state index contributed by atoms with van der Waals surface area (Å²) in [5, 5.41) is 3.28. The lowest BCUT2D eigenvalue weighted by atomic mass is 9.98. The molecular formula is C15H27N3O2. The standard InChI is InChI=1S/C15H27N3O2/c1-3-14(19)18-9-5-4-6-13(18)15(20)17-10-7-12(16-2)8-11-17/h12-13,16H,3-11H2,1-2H3. The predicted octanol–water partition coefficient (Wildman–Crippen LogP) is 0.988. The van der Waals surface area contributed by atoms with Gasteiger partial charge in [0.2, 0.25) is 11.8 Å². The van der Waals surface area contributed by atoms with Crippen LogP contribution in [0.4, 0.5) is 0 Å². The van der Waals surface area contributed by atoms with E-state index < -0.39 is 0 Å². The van der Waals surface area contributed by atoms with Crippen molar-refractivity contribution in [1.29, 1.82) is 0 Å². The molecule has 2 fully saturated rings. The van der Waals surface area contributed by atoms with Gasteiger partial charge in [0, 0.05) is 32.1 Å². The van der Waals surface area contributed by atoms with Gasteiger partial charge in [-0.25, -0.2) is 0 Å². The zero-order valence-corrected chi connectivity index (χ0v) is 12.7. The molecule has 0 aromatic rings. The van der Waals surface area contributed by atoms with Gasteiger partial charge in [0.1, 0.15) is 6.04 Å². The first-order valence-electron chi connectivity index (χ1n) is 7.93. The topological polar surface area (TPSA) is 52.7 Å². The van der Waals surface area contributed by atoms with Crippen molar-refractivity contribution in [2.75, 3.05) is 26.7 Å². The summed E-state index contributed by atoms with van der Waals surface area (Å²) in [5.41, 5.74) is 0. The van der Waals surface area contributed by atoms with Gasteiger partial charge in [-0.15, -0.1) is 0 Å². The summed E-state index contributed by atoms with van der Waals surface area (Å²) in [6, 6.07) is 0.320. The van der Waals surface area contributed by atoms with Gasteiger partial charge in [-0.1, -0.05) is 6.92 Å². The Morgan fingerprint density at radius 1 is 1.10 bits per heavy atom. The zero-order chi connectivity index (χ0) is 14.5. The number of hydrogen-bond acceptors (Lipinski definition) is 3. The van der Waals surface area contributed by atoms with E-state index in [-0.39, 0.29) is 17.9 Å². The monoisotopic (exact) mass is 281 g/mol. The second kappa shape index (κ2) is 7.07. The van der Waals surface area contributed by atoms with Gasteiger partial charge in [-0.05, 0) is 39.2 Å². The van der Waals surface area contributed by atoms with Crippen LogP contribution in [0.5, 0.6) is 0 Å². The molecule has 0 aromatic heterocycles. The molecule has 2 aliphatic heterocycles. The van der Waals surface area contributed by atoms with Gasteiger partial charge in [0.05, 0.1) is 0 Å². The molecular weight excluding hydrogens is 254 g/mol. The second-order valence-corrected chi connectivity index (χ2v) is 5.84. The maximum absolute atomic E-state index is 12.7. The molecule has 20 heavy (non-hydrogen) atoms. The highest BCUT2D eigenvalue weighted by molar-refractivity contribution is 5.87. The van der Waals surface area contributed by atoms with Crippen LogP contribution in [-0.2, 0) is 9.59 Å². The maximum Gasteiger partial charge on any atom is 0.245 e. The Morgan fingerprint density at radius 3 is 2.40 bits per heavy atom. The van der Waals surface area contributed by atoms with E-state index in [9.17, 15) is 9.59 Å². The fourth-order valence-corrected chi connectivity index (χ4v) is 3.29. The van der Waals surface area contributed by atoms with E-state index in [0.717, 1.165) is 51.7 Å². The highest BCUT2D eigenvalue weighted by Crippen LogP contribution is 2.21. The maximum atomic E-state index is 12.7. The van der Waals surface area contributed by atoms with Crippen LogP contribution in [0, 0.1) is 0 Å². The molecule has 1 unspecified atom stereocenters. The number of piperidine rings is 2. The molecule has 0 bridgehead atoms. The Balaban J connectivity index is 1.97. The van der Waals surface area contributed by atoms with Crippen LogP contribution in [0.25, 0.3) is 0 Å². The van der Waals surface area contributed by atoms with E-state index in [0.29, 0.717) is 12.5 Å². The van der Waals surface area contributed by atoms with Crippen LogP contribution in [-0.4, -0.2) is 60.4 Å². The largest absolute Gasteiger partial charge is 0.341 e. The minimum Gasteiger partial charge on any atom is -0.341 e. The number of nitrogens with zero attached hydrogens (tertiary/aromatic N) is 2. The van der Waals surface area contributed by atoms with Gasteiger partial charge >= 0.3 is 0 Å². The van der Waals surface area contributed by atoms with E-state index in [1.807, 2.05) is 23.8 Å². The highest BCUT2D eigenvalue weighted by Gasteiger charge is 2.35. The summed E-state index contributed by atoms with van der Waals surface area (Å²) in [5.74, 6) is 0.286. The molecule has 0 spiro atoms. The molecule has 5 nitrogen and oxygen atoms in total. The molecule has 2 amide bonds. The number of nitrogens with one attached hydrogen (secondary N) is 1. The summed E-state index contributed by atoms with van der Waals surface area (Å²) in [6.07, 6.45) is 5.42. The van der Waals surface area contributed by atoms with Crippen LogP contribution in [0.3, 0.4) is 0 Å². The quantitative estimate of drug-likeness (QED) is 0.839. The minimum absolute atomic E-state index is 0.119. The van der Waals surface area contributed by atoms with Gasteiger partial charge in [-0.3, -0.25) is 9.59 Å². The molecule has 0 saturated carbocycles. The van der Waals surface area contributed by atoms with Gasteiger partial charge < -0.3 is 15.1 Å². The van der Waals surface area contributed by atoms with Crippen molar-refractivity contribution in [3.05, 3.63) is 0 Å². The predicted molar refractivity (Wildman–Crippen MR) is 78.3 cm³/mol. The van der Waals surface area contributed by atoms with E-state index in [2.05, 4.69) is 5.32 Å². The molecule has 1 N–H and O–H groups in total. The molecule has 2 saturated heterocycles. The first-order valence-corrected chi connectivity index (χ1v) is 7.93. The summed E-state index contributed by atoms with van der Waals surface area (Å²) >= 11 is 0. The molecule has 0 aromatic carbocycles. The number of rotatable bonds is 3. The summed E-state index contributed by atoms with van der Waals surface area (Å²) in [6.45, 7) is 4.25. The first kappa shape index (κ1) is 15.3. The van der Waals surface area contributed by atoms with E-state index in [1.54, 1.807) is 0 Å². The molecule has 5 heteroatoms. The SMILES string of the molecule is CCC(=O)N1CCCCC1C(=O)N1CCC(NC)CC1. The average Bonchev–Trinajstić information content (AvgIpc) is 2.53. The number of hydrogen-bond donors (Lipinski definition) is 1.